The van der Waals surface area contributed by atoms with E-state index in [1.54, 1.807) is 0 Å². The molecule has 0 saturated heterocycles. The van der Waals surface area contributed by atoms with Crippen molar-refractivity contribution < 1.29 is 18.3 Å². The van der Waals surface area contributed by atoms with Gasteiger partial charge >= 0.3 is 0 Å². The summed E-state index contributed by atoms with van der Waals surface area (Å²) in [6.45, 7) is 7.10. The zero-order valence-electron chi connectivity index (χ0n) is 18.3. The number of nitrogens with one attached hydrogen (secondary N) is 1. The monoisotopic (exact) mass is 460 g/mol. The predicted octanol–water partition coefficient (Wildman–Crippen LogP) is 5.08. The number of carbonyl (C=O) groups is 1. The normalized spacial score (nSPS) is 11.1. The van der Waals surface area contributed by atoms with Crippen molar-refractivity contribution in [3.63, 3.8) is 0 Å². The Bertz CT molecular complexity index is 1030. The molecule has 0 aliphatic heterocycles. The van der Waals surface area contributed by atoms with Crippen LogP contribution in [0.15, 0.2) is 47.6 Å². The zero-order chi connectivity index (χ0) is 23.1. The average molecular weight is 461 g/mol. The average Bonchev–Trinajstić information content (AvgIpc) is 3.14. The molecule has 170 valence electrons. The number of amides is 1. The van der Waals surface area contributed by atoms with Crippen LogP contribution in [0.25, 0.3) is 0 Å². The van der Waals surface area contributed by atoms with Crippen LogP contribution in [0.1, 0.15) is 32.2 Å². The first-order chi connectivity index (χ1) is 15.4. The highest BCUT2D eigenvalue weighted by Crippen LogP contribution is 2.22. The fourth-order valence-electron chi connectivity index (χ4n) is 2.97. The van der Waals surface area contributed by atoms with E-state index in [0.717, 1.165) is 36.1 Å². The van der Waals surface area contributed by atoms with E-state index in [1.807, 2.05) is 28.8 Å². The molecule has 0 bridgehead atoms. The second kappa shape index (κ2) is 11.1. The third-order valence-electron chi connectivity index (χ3n) is 4.60. The summed E-state index contributed by atoms with van der Waals surface area (Å²) in [5, 5.41) is 11.2. The molecular weight excluding hydrogens is 434 g/mol. The highest BCUT2D eigenvalue weighted by molar-refractivity contribution is 7.99. The number of anilines is 1. The molecule has 0 unspecified atom stereocenters. The van der Waals surface area contributed by atoms with E-state index in [2.05, 4.69) is 36.3 Å². The minimum atomic E-state index is -0.822. The van der Waals surface area contributed by atoms with Gasteiger partial charge in [0, 0.05) is 6.54 Å². The highest BCUT2D eigenvalue weighted by Gasteiger charge is 2.17. The first kappa shape index (κ1) is 23.7. The summed E-state index contributed by atoms with van der Waals surface area (Å²) in [5.74, 6) is -0.552. The van der Waals surface area contributed by atoms with Crippen LogP contribution in [-0.2, 0) is 24.4 Å². The molecule has 1 aromatic heterocycles. The molecule has 3 rings (SSSR count). The Balaban J connectivity index is 1.65. The van der Waals surface area contributed by atoms with Gasteiger partial charge in [-0.1, -0.05) is 50.7 Å². The van der Waals surface area contributed by atoms with Gasteiger partial charge < -0.3 is 14.6 Å². The van der Waals surface area contributed by atoms with E-state index in [1.165, 1.54) is 11.6 Å². The first-order valence-corrected chi connectivity index (χ1v) is 11.4. The standard InChI is InChI=1S/C23H26F2N4O2S/c1-4-16-8-10-17(11-9-16)31-13-20-27-28-23(29(20)12-15(2)3)32-14-21(30)26-22-18(24)6-5-7-19(22)25/h5-11,15H,4,12-14H2,1-3H3,(H,26,30). The number of aryl methyl sites for hydroxylation is 1. The third kappa shape index (κ3) is 6.29. The number of benzene rings is 2. The van der Waals surface area contributed by atoms with Gasteiger partial charge in [-0.15, -0.1) is 10.2 Å². The van der Waals surface area contributed by atoms with E-state index < -0.39 is 23.2 Å². The lowest BCUT2D eigenvalue weighted by Crippen LogP contribution is -2.17. The molecule has 0 atom stereocenters. The number of halogens is 2. The van der Waals surface area contributed by atoms with Crippen molar-refractivity contribution >= 4 is 23.4 Å². The van der Waals surface area contributed by atoms with E-state index in [9.17, 15) is 13.6 Å². The lowest BCUT2D eigenvalue weighted by atomic mass is 10.2. The maximum atomic E-state index is 13.8. The predicted molar refractivity (Wildman–Crippen MR) is 121 cm³/mol. The summed E-state index contributed by atoms with van der Waals surface area (Å²) in [7, 11) is 0. The summed E-state index contributed by atoms with van der Waals surface area (Å²) >= 11 is 1.15. The number of nitrogens with zero attached hydrogens (tertiary/aromatic N) is 3. The largest absolute Gasteiger partial charge is 0.486 e. The number of rotatable bonds is 10. The molecule has 0 radical (unpaired) electrons. The van der Waals surface area contributed by atoms with E-state index in [-0.39, 0.29) is 12.4 Å². The fourth-order valence-corrected chi connectivity index (χ4v) is 3.74. The third-order valence-corrected chi connectivity index (χ3v) is 5.57. The van der Waals surface area contributed by atoms with Crippen molar-refractivity contribution in [1.29, 1.82) is 0 Å². The minimum Gasteiger partial charge on any atom is -0.486 e. The molecule has 1 N–H and O–H groups in total. The van der Waals surface area contributed by atoms with Gasteiger partial charge in [0.2, 0.25) is 5.91 Å². The quantitative estimate of drug-likeness (QED) is 0.427. The van der Waals surface area contributed by atoms with Gasteiger partial charge in [0.15, 0.2) is 11.0 Å². The number of aromatic nitrogens is 3. The SMILES string of the molecule is CCc1ccc(OCc2nnc(SCC(=O)Nc3c(F)cccc3F)n2CC(C)C)cc1. The zero-order valence-corrected chi connectivity index (χ0v) is 19.1. The van der Waals surface area contributed by atoms with Crippen LogP contribution in [0, 0.1) is 17.6 Å². The van der Waals surface area contributed by atoms with Crippen LogP contribution >= 0.6 is 11.8 Å². The number of ether oxygens (including phenoxy) is 1. The summed E-state index contributed by atoms with van der Waals surface area (Å²) in [4.78, 5) is 12.2. The Hall–Kier alpha value is -2.94. The van der Waals surface area contributed by atoms with Crippen molar-refractivity contribution in [2.45, 2.75) is 45.5 Å². The van der Waals surface area contributed by atoms with Gasteiger partial charge in [0.25, 0.3) is 0 Å². The Morgan fingerprint density at radius 2 is 1.81 bits per heavy atom. The van der Waals surface area contributed by atoms with Crippen LogP contribution in [-0.4, -0.2) is 26.4 Å². The molecule has 9 heteroatoms. The molecule has 1 heterocycles. The van der Waals surface area contributed by atoms with Gasteiger partial charge in [-0.05, 0) is 42.2 Å². The highest BCUT2D eigenvalue weighted by atomic mass is 32.2. The van der Waals surface area contributed by atoms with Crippen molar-refractivity contribution in [3.05, 3.63) is 65.5 Å². The number of thioether (sulfide) groups is 1. The van der Waals surface area contributed by atoms with Gasteiger partial charge in [-0.2, -0.15) is 0 Å². The lowest BCUT2D eigenvalue weighted by molar-refractivity contribution is -0.113. The smallest absolute Gasteiger partial charge is 0.235 e. The molecule has 2 aromatic carbocycles. The molecular formula is C23H26F2N4O2S. The second-order valence-corrected chi connectivity index (χ2v) is 8.57. The summed E-state index contributed by atoms with van der Waals surface area (Å²) in [5.41, 5.74) is 0.775. The molecule has 0 saturated carbocycles. The van der Waals surface area contributed by atoms with Crippen LogP contribution in [0.2, 0.25) is 0 Å². The maximum absolute atomic E-state index is 13.8. The van der Waals surface area contributed by atoms with Crippen LogP contribution < -0.4 is 10.1 Å². The Kier molecular flexibility index (Phi) is 8.21. The topological polar surface area (TPSA) is 69.0 Å². The van der Waals surface area contributed by atoms with Crippen molar-refractivity contribution in [2.24, 2.45) is 5.92 Å². The van der Waals surface area contributed by atoms with Crippen molar-refractivity contribution in [3.8, 4) is 5.75 Å². The van der Waals surface area contributed by atoms with E-state index >= 15 is 0 Å². The van der Waals surface area contributed by atoms with E-state index in [0.29, 0.717) is 23.4 Å². The number of para-hydroxylation sites is 1. The van der Waals surface area contributed by atoms with Crippen LogP contribution in [0.3, 0.4) is 0 Å². The number of hydrogen-bond acceptors (Lipinski definition) is 5. The molecule has 0 fully saturated rings. The van der Waals surface area contributed by atoms with E-state index in [4.69, 9.17) is 4.74 Å². The van der Waals surface area contributed by atoms with Crippen molar-refractivity contribution in [1.82, 2.24) is 14.8 Å². The van der Waals surface area contributed by atoms with Crippen molar-refractivity contribution in [2.75, 3.05) is 11.1 Å². The van der Waals surface area contributed by atoms with Gasteiger partial charge in [-0.25, -0.2) is 8.78 Å². The summed E-state index contributed by atoms with van der Waals surface area (Å²) in [6, 6.07) is 11.3. The maximum Gasteiger partial charge on any atom is 0.235 e. The first-order valence-electron chi connectivity index (χ1n) is 10.4. The van der Waals surface area contributed by atoms with Crippen LogP contribution in [0.5, 0.6) is 5.75 Å². The van der Waals surface area contributed by atoms with Gasteiger partial charge in [0.1, 0.15) is 29.7 Å². The lowest BCUT2D eigenvalue weighted by Gasteiger charge is -2.13. The summed E-state index contributed by atoms with van der Waals surface area (Å²) < 4.78 is 35.3. The Morgan fingerprint density at radius 1 is 1.12 bits per heavy atom. The molecule has 32 heavy (non-hydrogen) atoms. The molecule has 0 spiro atoms. The number of carbonyl (C=O) groups excluding carboxylic acids is 1. The summed E-state index contributed by atoms with van der Waals surface area (Å²) in [6.07, 6.45) is 0.959. The minimum absolute atomic E-state index is 0.0661. The van der Waals surface area contributed by atoms with Crippen LogP contribution in [0.4, 0.5) is 14.5 Å². The van der Waals surface area contributed by atoms with Gasteiger partial charge in [-0.3, -0.25) is 4.79 Å². The number of hydrogen-bond donors (Lipinski definition) is 1. The Morgan fingerprint density at radius 3 is 2.44 bits per heavy atom. The molecule has 6 nitrogen and oxygen atoms in total. The molecule has 1 amide bonds. The Labute approximate surface area is 190 Å². The molecule has 0 aliphatic rings. The molecule has 0 aliphatic carbocycles. The second-order valence-electron chi connectivity index (χ2n) is 7.62. The molecule has 3 aromatic rings. The van der Waals surface area contributed by atoms with Gasteiger partial charge in [0.05, 0.1) is 5.75 Å². The fraction of sp³-hybridized carbons (Fsp3) is 0.348.